The Hall–Kier alpha value is -2.44. The standard InChI is InChI=1S/C18H15Cl2NO5/c19-13-4-2-11(8-14(13)20)18(23)26-10-17(22)21-12-3-5-15-16(9-12)25-7-1-6-24-15/h2-5,8-9H,1,6-7,10H2,(H,21,22). The summed E-state index contributed by atoms with van der Waals surface area (Å²) in [5.74, 6) is 0.0462. The summed E-state index contributed by atoms with van der Waals surface area (Å²) in [5.41, 5.74) is 0.729. The van der Waals surface area contributed by atoms with E-state index in [1.807, 2.05) is 0 Å². The minimum absolute atomic E-state index is 0.211. The van der Waals surface area contributed by atoms with E-state index in [1.54, 1.807) is 18.2 Å². The number of carbonyl (C=O) groups is 2. The van der Waals surface area contributed by atoms with Gasteiger partial charge in [0.05, 0.1) is 28.8 Å². The van der Waals surface area contributed by atoms with Crippen LogP contribution in [0.15, 0.2) is 36.4 Å². The highest BCUT2D eigenvalue weighted by atomic mass is 35.5. The van der Waals surface area contributed by atoms with E-state index in [2.05, 4.69) is 5.32 Å². The molecule has 0 aromatic heterocycles. The Bertz CT molecular complexity index is 840. The molecule has 136 valence electrons. The summed E-state index contributed by atoms with van der Waals surface area (Å²) < 4.78 is 16.1. The number of ether oxygens (including phenoxy) is 3. The fraction of sp³-hybridized carbons (Fsp3) is 0.222. The van der Waals surface area contributed by atoms with Gasteiger partial charge in [-0.15, -0.1) is 0 Å². The molecular weight excluding hydrogens is 381 g/mol. The van der Waals surface area contributed by atoms with Gasteiger partial charge < -0.3 is 19.5 Å². The summed E-state index contributed by atoms with van der Waals surface area (Å²) in [4.78, 5) is 24.0. The maximum absolute atomic E-state index is 12.0. The van der Waals surface area contributed by atoms with Gasteiger partial charge in [-0.25, -0.2) is 4.79 Å². The van der Waals surface area contributed by atoms with E-state index < -0.39 is 18.5 Å². The maximum atomic E-state index is 12.0. The first kappa shape index (κ1) is 18.4. The van der Waals surface area contributed by atoms with Crippen LogP contribution in [0.25, 0.3) is 0 Å². The summed E-state index contributed by atoms with van der Waals surface area (Å²) in [6, 6.07) is 9.41. The van der Waals surface area contributed by atoms with Gasteiger partial charge in [0.2, 0.25) is 0 Å². The predicted octanol–water partition coefficient (Wildman–Crippen LogP) is 3.95. The number of nitrogens with one attached hydrogen (secondary N) is 1. The number of fused-ring (bicyclic) bond motifs is 1. The monoisotopic (exact) mass is 395 g/mol. The third-order valence-corrected chi connectivity index (χ3v) is 4.26. The molecule has 0 spiro atoms. The van der Waals surface area contributed by atoms with Crippen LogP contribution in [-0.2, 0) is 9.53 Å². The molecule has 1 amide bonds. The van der Waals surface area contributed by atoms with Gasteiger partial charge in [0.15, 0.2) is 18.1 Å². The molecule has 0 unspecified atom stereocenters. The molecule has 1 aliphatic rings. The first-order valence-corrected chi connectivity index (χ1v) is 8.60. The molecule has 8 heteroatoms. The Kier molecular flexibility index (Phi) is 5.85. The van der Waals surface area contributed by atoms with Crippen molar-refractivity contribution >= 4 is 40.8 Å². The van der Waals surface area contributed by atoms with Crippen molar-refractivity contribution in [2.45, 2.75) is 6.42 Å². The van der Waals surface area contributed by atoms with Crippen molar-refractivity contribution in [2.75, 3.05) is 25.1 Å². The molecule has 0 radical (unpaired) electrons. The Morgan fingerprint density at radius 1 is 1.00 bits per heavy atom. The number of amides is 1. The first-order valence-electron chi connectivity index (χ1n) is 7.84. The van der Waals surface area contributed by atoms with Gasteiger partial charge in [0.25, 0.3) is 5.91 Å². The third kappa shape index (κ3) is 4.59. The molecule has 0 fully saturated rings. The first-order chi connectivity index (χ1) is 12.5. The zero-order valence-electron chi connectivity index (χ0n) is 13.6. The minimum Gasteiger partial charge on any atom is -0.490 e. The molecule has 0 bridgehead atoms. The van der Waals surface area contributed by atoms with Crippen LogP contribution in [0.5, 0.6) is 11.5 Å². The van der Waals surface area contributed by atoms with Gasteiger partial charge in [-0.2, -0.15) is 0 Å². The number of carbonyl (C=O) groups excluding carboxylic acids is 2. The van der Waals surface area contributed by atoms with E-state index in [0.29, 0.717) is 35.4 Å². The summed E-state index contributed by atoms with van der Waals surface area (Å²) >= 11 is 11.7. The molecule has 0 saturated heterocycles. The second kappa shape index (κ2) is 8.29. The lowest BCUT2D eigenvalue weighted by Gasteiger charge is -2.10. The Balaban J connectivity index is 1.56. The summed E-state index contributed by atoms with van der Waals surface area (Å²) in [7, 11) is 0. The maximum Gasteiger partial charge on any atom is 0.338 e. The Morgan fingerprint density at radius 3 is 2.54 bits per heavy atom. The van der Waals surface area contributed by atoms with E-state index in [-0.39, 0.29) is 10.6 Å². The fourth-order valence-corrected chi connectivity index (χ4v) is 2.57. The van der Waals surface area contributed by atoms with Crippen molar-refractivity contribution in [2.24, 2.45) is 0 Å². The number of rotatable bonds is 4. The van der Waals surface area contributed by atoms with Crippen molar-refractivity contribution in [3.05, 3.63) is 52.0 Å². The van der Waals surface area contributed by atoms with Crippen LogP contribution < -0.4 is 14.8 Å². The average molecular weight is 396 g/mol. The highest BCUT2D eigenvalue weighted by Crippen LogP contribution is 2.32. The molecule has 1 N–H and O–H groups in total. The van der Waals surface area contributed by atoms with Crippen molar-refractivity contribution < 1.29 is 23.8 Å². The van der Waals surface area contributed by atoms with Crippen molar-refractivity contribution in [1.82, 2.24) is 0 Å². The summed E-state index contributed by atoms with van der Waals surface area (Å²) in [6.07, 6.45) is 0.793. The fourth-order valence-electron chi connectivity index (χ4n) is 2.28. The quantitative estimate of drug-likeness (QED) is 0.793. The van der Waals surface area contributed by atoms with E-state index >= 15 is 0 Å². The molecule has 0 aliphatic carbocycles. The van der Waals surface area contributed by atoms with Crippen LogP contribution in [0.4, 0.5) is 5.69 Å². The predicted molar refractivity (Wildman–Crippen MR) is 97.4 cm³/mol. The van der Waals surface area contributed by atoms with Gasteiger partial charge in [-0.1, -0.05) is 23.2 Å². The van der Waals surface area contributed by atoms with Crippen LogP contribution in [0.3, 0.4) is 0 Å². The normalized spacial score (nSPS) is 12.8. The summed E-state index contributed by atoms with van der Waals surface area (Å²) in [5, 5.41) is 3.20. The highest BCUT2D eigenvalue weighted by Gasteiger charge is 2.14. The molecule has 26 heavy (non-hydrogen) atoms. The molecule has 1 aliphatic heterocycles. The van der Waals surface area contributed by atoms with Crippen LogP contribution in [0.1, 0.15) is 16.8 Å². The SMILES string of the molecule is O=C(COC(=O)c1ccc(Cl)c(Cl)c1)Nc1ccc2c(c1)OCCCO2. The van der Waals surface area contributed by atoms with Crippen LogP contribution in [0, 0.1) is 0 Å². The third-order valence-electron chi connectivity index (χ3n) is 3.52. The van der Waals surface area contributed by atoms with Crippen LogP contribution in [0.2, 0.25) is 10.0 Å². The van der Waals surface area contributed by atoms with Gasteiger partial charge in [0, 0.05) is 18.2 Å². The molecule has 3 rings (SSSR count). The van der Waals surface area contributed by atoms with Gasteiger partial charge in [-0.3, -0.25) is 4.79 Å². The molecule has 0 atom stereocenters. The molecule has 6 nitrogen and oxygen atoms in total. The summed E-state index contributed by atoms with van der Waals surface area (Å²) in [6.45, 7) is 0.697. The number of benzene rings is 2. The van der Waals surface area contributed by atoms with Crippen molar-refractivity contribution in [1.29, 1.82) is 0 Å². The van der Waals surface area contributed by atoms with Crippen molar-refractivity contribution in [3.63, 3.8) is 0 Å². The number of halogens is 2. The van der Waals surface area contributed by atoms with Crippen molar-refractivity contribution in [3.8, 4) is 11.5 Å². The minimum atomic E-state index is -0.669. The Labute approximate surface area is 159 Å². The van der Waals surface area contributed by atoms with Gasteiger partial charge in [0.1, 0.15) is 0 Å². The average Bonchev–Trinajstić information content (AvgIpc) is 2.87. The lowest BCUT2D eigenvalue weighted by Crippen LogP contribution is -2.21. The van der Waals surface area contributed by atoms with E-state index in [0.717, 1.165) is 6.42 Å². The molecular formula is C18H15Cl2NO5. The van der Waals surface area contributed by atoms with Crippen LogP contribution in [-0.4, -0.2) is 31.7 Å². The molecule has 2 aromatic rings. The highest BCUT2D eigenvalue weighted by molar-refractivity contribution is 6.42. The largest absolute Gasteiger partial charge is 0.490 e. The zero-order valence-corrected chi connectivity index (χ0v) is 15.1. The number of hydrogen-bond acceptors (Lipinski definition) is 5. The van der Waals surface area contributed by atoms with Crippen LogP contribution >= 0.6 is 23.2 Å². The van der Waals surface area contributed by atoms with E-state index in [4.69, 9.17) is 37.4 Å². The second-order valence-corrected chi connectivity index (χ2v) is 6.28. The van der Waals surface area contributed by atoms with Gasteiger partial charge >= 0.3 is 5.97 Å². The van der Waals surface area contributed by atoms with E-state index in [1.165, 1.54) is 18.2 Å². The molecule has 1 heterocycles. The zero-order chi connectivity index (χ0) is 18.5. The number of esters is 1. The topological polar surface area (TPSA) is 73.9 Å². The van der Waals surface area contributed by atoms with E-state index in [9.17, 15) is 9.59 Å². The Morgan fingerprint density at radius 2 is 1.77 bits per heavy atom. The lowest BCUT2D eigenvalue weighted by molar-refractivity contribution is -0.119. The molecule has 2 aromatic carbocycles. The lowest BCUT2D eigenvalue weighted by atomic mass is 10.2. The molecule has 0 saturated carbocycles. The number of hydrogen-bond donors (Lipinski definition) is 1. The van der Waals surface area contributed by atoms with Gasteiger partial charge in [-0.05, 0) is 30.3 Å². The number of anilines is 1. The smallest absolute Gasteiger partial charge is 0.338 e. The second-order valence-electron chi connectivity index (χ2n) is 5.47.